The van der Waals surface area contributed by atoms with E-state index in [9.17, 15) is 0 Å². The van der Waals surface area contributed by atoms with Crippen molar-refractivity contribution >= 4 is 28.8 Å². The van der Waals surface area contributed by atoms with Gasteiger partial charge >= 0.3 is 0 Å². The van der Waals surface area contributed by atoms with Crippen LogP contribution in [0.1, 0.15) is 56.6 Å². The molecule has 0 bridgehead atoms. The minimum atomic E-state index is 0. The van der Waals surface area contributed by atoms with Crippen LogP contribution in [0, 0.1) is 13.8 Å². The molecule has 0 atom stereocenters. The van der Waals surface area contributed by atoms with Crippen molar-refractivity contribution in [2.24, 2.45) is 0 Å². The zero-order valence-electron chi connectivity index (χ0n) is 14.6. The van der Waals surface area contributed by atoms with Gasteiger partial charge in [0.05, 0.1) is 0 Å². The molecule has 0 saturated carbocycles. The van der Waals surface area contributed by atoms with Gasteiger partial charge in [-0.1, -0.05) is 19.9 Å². The molecular formula is C19H28BrN2+. The molecule has 0 aliphatic carbocycles. The minimum Gasteiger partial charge on any atom is -0.359 e. The summed E-state index contributed by atoms with van der Waals surface area (Å²) >= 11 is 0. The first-order valence-electron chi connectivity index (χ1n) is 7.87. The van der Waals surface area contributed by atoms with E-state index in [0.29, 0.717) is 0 Å². The van der Waals surface area contributed by atoms with Gasteiger partial charge in [-0.2, -0.15) is 0 Å². The third-order valence-electron chi connectivity index (χ3n) is 4.50. The molecule has 0 radical (unpaired) electrons. The van der Waals surface area contributed by atoms with Gasteiger partial charge in [0.1, 0.15) is 0 Å². The fourth-order valence-corrected chi connectivity index (χ4v) is 3.26. The maximum Gasteiger partial charge on any atom is 0.207 e. The predicted octanol–water partition coefficient (Wildman–Crippen LogP) is 3.95. The average molecular weight is 364 g/mol. The van der Waals surface area contributed by atoms with Crippen LogP contribution in [0.5, 0.6) is 0 Å². The molecule has 0 fully saturated rings. The Morgan fingerprint density at radius 3 is 2.23 bits per heavy atom. The SMILES string of the molecule is Br.CCC1=C(C)/C(=C\C=C\c2[nH]c(C)c(CC)c2C)[NH+]=C1C. The molecule has 3 heteroatoms. The van der Waals surface area contributed by atoms with Gasteiger partial charge in [0.15, 0.2) is 5.71 Å². The summed E-state index contributed by atoms with van der Waals surface area (Å²) in [6.45, 7) is 13.1. The van der Waals surface area contributed by atoms with Crippen LogP contribution >= 0.6 is 17.0 Å². The van der Waals surface area contributed by atoms with Gasteiger partial charge in [-0.25, -0.2) is 4.99 Å². The zero-order chi connectivity index (χ0) is 15.6. The van der Waals surface area contributed by atoms with E-state index >= 15 is 0 Å². The Kier molecular flexibility index (Phi) is 6.61. The van der Waals surface area contributed by atoms with Gasteiger partial charge in [-0.05, 0) is 50.8 Å². The number of allylic oxidation sites excluding steroid dienone is 4. The number of H-pyrrole nitrogens is 1. The maximum atomic E-state index is 3.48. The van der Waals surface area contributed by atoms with E-state index in [1.807, 2.05) is 0 Å². The highest BCUT2D eigenvalue weighted by atomic mass is 79.9. The van der Waals surface area contributed by atoms with Gasteiger partial charge in [-0.3, -0.25) is 0 Å². The predicted molar refractivity (Wildman–Crippen MR) is 102 cm³/mol. The smallest absolute Gasteiger partial charge is 0.207 e. The minimum absolute atomic E-state index is 0. The summed E-state index contributed by atoms with van der Waals surface area (Å²) in [4.78, 5) is 6.95. The fourth-order valence-electron chi connectivity index (χ4n) is 3.26. The molecule has 22 heavy (non-hydrogen) atoms. The second kappa shape index (κ2) is 7.77. The fraction of sp³-hybridized carbons (Fsp3) is 0.421. The van der Waals surface area contributed by atoms with Crippen molar-refractivity contribution in [3.05, 3.63) is 51.5 Å². The summed E-state index contributed by atoms with van der Waals surface area (Å²) in [6.07, 6.45) is 8.64. The first-order chi connectivity index (χ1) is 9.99. The topological polar surface area (TPSA) is 29.8 Å². The molecule has 2 nitrogen and oxygen atoms in total. The van der Waals surface area contributed by atoms with Crippen molar-refractivity contribution in [3.63, 3.8) is 0 Å². The quantitative estimate of drug-likeness (QED) is 0.810. The summed E-state index contributed by atoms with van der Waals surface area (Å²) in [6, 6.07) is 0. The van der Waals surface area contributed by atoms with Crippen molar-refractivity contribution < 1.29 is 4.99 Å². The standard InChI is InChI=1S/C19H26N2.BrH/c1-7-16-12(3)18(20-14(16)5)10-9-11-19-13(4)17(8-2)15(6)21-19;/h9-11,20H,7-8H2,1-6H3;1H/p+1/b10-9+,19-11+;. The van der Waals surface area contributed by atoms with E-state index in [0.717, 1.165) is 12.8 Å². The van der Waals surface area contributed by atoms with Gasteiger partial charge in [0.25, 0.3) is 0 Å². The number of hydrogen-bond donors (Lipinski definition) is 2. The monoisotopic (exact) mass is 363 g/mol. The second-order valence-corrected chi connectivity index (χ2v) is 5.77. The third-order valence-corrected chi connectivity index (χ3v) is 4.50. The van der Waals surface area contributed by atoms with Crippen LogP contribution in [0.4, 0.5) is 0 Å². The lowest BCUT2D eigenvalue weighted by Crippen LogP contribution is -2.67. The van der Waals surface area contributed by atoms with E-state index in [-0.39, 0.29) is 17.0 Å². The van der Waals surface area contributed by atoms with E-state index in [4.69, 9.17) is 0 Å². The van der Waals surface area contributed by atoms with Gasteiger partial charge in [0, 0.05) is 35.5 Å². The highest BCUT2D eigenvalue weighted by Gasteiger charge is 2.22. The molecule has 2 rings (SSSR count). The Bertz CT molecular complexity index is 670. The number of aromatic nitrogens is 1. The number of aromatic amines is 1. The van der Waals surface area contributed by atoms with Crippen LogP contribution in [-0.4, -0.2) is 10.7 Å². The van der Waals surface area contributed by atoms with Gasteiger partial charge in [0.2, 0.25) is 5.70 Å². The van der Waals surface area contributed by atoms with Crippen LogP contribution in [0.3, 0.4) is 0 Å². The van der Waals surface area contributed by atoms with Crippen LogP contribution in [0.15, 0.2) is 29.0 Å². The Morgan fingerprint density at radius 1 is 1.05 bits per heavy atom. The molecule has 0 unspecified atom stereocenters. The lowest BCUT2D eigenvalue weighted by molar-refractivity contribution is -0.388. The van der Waals surface area contributed by atoms with Crippen molar-refractivity contribution in [1.82, 2.24) is 4.98 Å². The normalized spacial score (nSPS) is 16.6. The van der Waals surface area contributed by atoms with E-state index in [1.54, 1.807) is 0 Å². The number of hydrogen-bond acceptors (Lipinski definition) is 0. The van der Waals surface area contributed by atoms with Crippen LogP contribution in [-0.2, 0) is 6.42 Å². The molecule has 0 amide bonds. The molecule has 120 valence electrons. The summed E-state index contributed by atoms with van der Waals surface area (Å²) in [5.41, 5.74) is 10.6. The Morgan fingerprint density at radius 2 is 1.73 bits per heavy atom. The molecule has 1 aromatic heterocycles. The summed E-state index contributed by atoms with van der Waals surface area (Å²) in [7, 11) is 0. The lowest BCUT2D eigenvalue weighted by atomic mass is 10.0. The maximum absolute atomic E-state index is 3.48. The van der Waals surface area contributed by atoms with Crippen molar-refractivity contribution in [3.8, 4) is 0 Å². The highest BCUT2D eigenvalue weighted by Crippen LogP contribution is 2.20. The summed E-state index contributed by atoms with van der Waals surface area (Å²) in [5, 5.41) is 0. The number of halogens is 1. The Labute approximate surface area is 144 Å². The first kappa shape index (κ1) is 18.7. The summed E-state index contributed by atoms with van der Waals surface area (Å²) < 4.78 is 0. The second-order valence-electron chi connectivity index (χ2n) is 5.77. The third kappa shape index (κ3) is 3.52. The molecule has 1 aliphatic rings. The number of aryl methyl sites for hydroxylation is 1. The van der Waals surface area contributed by atoms with E-state index in [1.165, 1.54) is 45.1 Å². The van der Waals surface area contributed by atoms with Crippen LogP contribution < -0.4 is 4.99 Å². The van der Waals surface area contributed by atoms with Crippen LogP contribution in [0.2, 0.25) is 0 Å². The highest BCUT2D eigenvalue weighted by molar-refractivity contribution is 8.93. The number of rotatable bonds is 4. The van der Waals surface area contributed by atoms with Crippen molar-refractivity contribution in [1.29, 1.82) is 0 Å². The molecule has 0 saturated heterocycles. The van der Waals surface area contributed by atoms with E-state index < -0.39 is 0 Å². The molecule has 0 spiro atoms. The lowest BCUT2D eigenvalue weighted by Gasteiger charge is -1.95. The van der Waals surface area contributed by atoms with Gasteiger partial charge < -0.3 is 4.98 Å². The van der Waals surface area contributed by atoms with E-state index in [2.05, 4.69) is 69.7 Å². The largest absolute Gasteiger partial charge is 0.359 e. The number of nitrogens with one attached hydrogen (secondary N) is 2. The molecule has 2 heterocycles. The molecular weight excluding hydrogens is 336 g/mol. The average Bonchev–Trinajstić information content (AvgIpc) is 2.87. The molecule has 0 aromatic carbocycles. The summed E-state index contributed by atoms with van der Waals surface area (Å²) in [5.74, 6) is 0. The van der Waals surface area contributed by atoms with Crippen LogP contribution in [0.25, 0.3) is 6.08 Å². The Hall–Kier alpha value is -1.35. The van der Waals surface area contributed by atoms with Crippen molar-refractivity contribution in [2.75, 3.05) is 0 Å². The zero-order valence-corrected chi connectivity index (χ0v) is 16.3. The van der Waals surface area contributed by atoms with Gasteiger partial charge in [-0.15, -0.1) is 17.0 Å². The molecule has 1 aliphatic heterocycles. The van der Waals surface area contributed by atoms with Crippen molar-refractivity contribution in [2.45, 2.75) is 54.4 Å². The molecule has 2 N–H and O–H groups in total. The molecule has 1 aromatic rings. The first-order valence-corrected chi connectivity index (χ1v) is 7.87. The Balaban J connectivity index is 0.00000242.